The van der Waals surface area contributed by atoms with Crippen molar-refractivity contribution in [3.05, 3.63) is 0 Å². The second-order valence-corrected chi connectivity index (χ2v) is 6.19. The highest BCUT2D eigenvalue weighted by Gasteiger charge is 2.18. The van der Waals surface area contributed by atoms with Crippen molar-refractivity contribution in [3.8, 4) is 0 Å². The van der Waals surface area contributed by atoms with Gasteiger partial charge in [-0.2, -0.15) is 0 Å². The van der Waals surface area contributed by atoms with Gasteiger partial charge in [-0.05, 0) is 11.8 Å². The van der Waals surface area contributed by atoms with Gasteiger partial charge in [-0.3, -0.25) is 0 Å². The summed E-state index contributed by atoms with van der Waals surface area (Å²) in [5.41, 5.74) is 0.0685. The van der Waals surface area contributed by atoms with Gasteiger partial charge in [0.2, 0.25) is 10.0 Å². The molecule has 0 saturated heterocycles. The summed E-state index contributed by atoms with van der Waals surface area (Å²) in [6.45, 7) is 6.84. The molecular weight excluding hydrogens is 186 g/mol. The van der Waals surface area contributed by atoms with Gasteiger partial charge in [-0.15, -0.1) is 0 Å². The van der Waals surface area contributed by atoms with Crippen LogP contribution in [0.15, 0.2) is 0 Å². The molecule has 0 aromatic carbocycles. The zero-order valence-corrected chi connectivity index (χ0v) is 9.87. The second kappa shape index (κ2) is 4.96. The van der Waals surface area contributed by atoms with E-state index >= 15 is 0 Å². The SMILES string of the molecule is CCCCC(C)(C)CNS(C)(=O)=O. The highest BCUT2D eigenvalue weighted by atomic mass is 32.2. The topological polar surface area (TPSA) is 46.2 Å². The summed E-state index contributed by atoms with van der Waals surface area (Å²) in [4.78, 5) is 0. The fraction of sp³-hybridized carbons (Fsp3) is 1.00. The van der Waals surface area contributed by atoms with Crippen molar-refractivity contribution < 1.29 is 8.42 Å². The van der Waals surface area contributed by atoms with Gasteiger partial charge in [0.15, 0.2) is 0 Å². The zero-order chi connectivity index (χ0) is 10.5. The summed E-state index contributed by atoms with van der Waals surface area (Å²) < 4.78 is 24.2. The summed E-state index contributed by atoms with van der Waals surface area (Å²) in [6.07, 6.45) is 4.57. The quantitative estimate of drug-likeness (QED) is 0.721. The molecule has 0 aliphatic carbocycles. The van der Waals surface area contributed by atoms with E-state index in [4.69, 9.17) is 0 Å². The van der Waals surface area contributed by atoms with Crippen LogP contribution < -0.4 is 4.72 Å². The molecule has 0 aliphatic heterocycles. The highest BCUT2D eigenvalue weighted by Crippen LogP contribution is 2.21. The summed E-state index contributed by atoms with van der Waals surface area (Å²) in [7, 11) is -3.03. The number of hydrogen-bond acceptors (Lipinski definition) is 2. The predicted molar refractivity (Wildman–Crippen MR) is 56.2 cm³/mol. The maximum absolute atomic E-state index is 10.8. The lowest BCUT2D eigenvalue weighted by Crippen LogP contribution is -2.33. The lowest BCUT2D eigenvalue weighted by atomic mass is 9.88. The molecule has 13 heavy (non-hydrogen) atoms. The molecule has 0 aromatic rings. The zero-order valence-electron chi connectivity index (χ0n) is 9.05. The van der Waals surface area contributed by atoms with Crippen LogP contribution in [0.25, 0.3) is 0 Å². The average Bonchev–Trinajstić information content (AvgIpc) is 1.97. The van der Waals surface area contributed by atoms with Crippen LogP contribution >= 0.6 is 0 Å². The van der Waals surface area contributed by atoms with E-state index in [2.05, 4.69) is 25.5 Å². The Morgan fingerprint density at radius 3 is 2.23 bits per heavy atom. The van der Waals surface area contributed by atoms with Crippen molar-refractivity contribution in [2.24, 2.45) is 5.41 Å². The van der Waals surface area contributed by atoms with Crippen LogP contribution in [0.3, 0.4) is 0 Å². The van der Waals surface area contributed by atoms with E-state index in [-0.39, 0.29) is 5.41 Å². The van der Waals surface area contributed by atoms with Crippen LogP contribution in [-0.4, -0.2) is 21.2 Å². The Hall–Kier alpha value is -0.0900. The first kappa shape index (κ1) is 12.9. The van der Waals surface area contributed by atoms with E-state index in [0.717, 1.165) is 19.3 Å². The van der Waals surface area contributed by atoms with E-state index in [0.29, 0.717) is 6.54 Å². The molecule has 4 heteroatoms. The molecule has 0 rings (SSSR count). The fourth-order valence-corrected chi connectivity index (χ4v) is 1.72. The third-order valence-corrected chi connectivity index (χ3v) is 2.69. The van der Waals surface area contributed by atoms with Gasteiger partial charge in [0, 0.05) is 6.54 Å². The van der Waals surface area contributed by atoms with Gasteiger partial charge in [-0.1, -0.05) is 33.6 Å². The van der Waals surface area contributed by atoms with Crippen LogP contribution in [-0.2, 0) is 10.0 Å². The Morgan fingerprint density at radius 1 is 1.31 bits per heavy atom. The summed E-state index contributed by atoms with van der Waals surface area (Å²) in [5, 5.41) is 0. The minimum Gasteiger partial charge on any atom is -0.215 e. The standard InChI is InChI=1S/C9H21NO2S/c1-5-6-7-9(2,3)8-10-13(4,11)12/h10H,5-8H2,1-4H3. The molecule has 0 bridgehead atoms. The number of rotatable bonds is 6. The maximum atomic E-state index is 10.8. The molecule has 80 valence electrons. The van der Waals surface area contributed by atoms with E-state index in [1.807, 2.05) is 0 Å². The van der Waals surface area contributed by atoms with Crippen LogP contribution in [0, 0.1) is 5.41 Å². The largest absolute Gasteiger partial charge is 0.215 e. The number of nitrogens with one attached hydrogen (secondary N) is 1. The van der Waals surface area contributed by atoms with Crippen LogP contribution in [0.5, 0.6) is 0 Å². The van der Waals surface area contributed by atoms with Crippen LogP contribution in [0.1, 0.15) is 40.0 Å². The van der Waals surface area contributed by atoms with Crippen molar-refractivity contribution in [2.75, 3.05) is 12.8 Å². The average molecular weight is 207 g/mol. The molecule has 0 radical (unpaired) electrons. The molecular formula is C9H21NO2S. The summed E-state index contributed by atoms with van der Waals surface area (Å²) in [5.74, 6) is 0. The van der Waals surface area contributed by atoms with Crippen molar-refractivity contribution in [1.29, 1.82) is 0 Å². The van der Waals surface area contributed by atoms with E-state index in [1.165, 1.54) is 6.26 Å². The first-order valence-corrected chi connectivity index (χ1v) is 6.60. The summed E-state index contributed by atoms with van der Waals surface area (Å²) >= 11 is 0. The first-order chi connectivity index (χ1) is 5.77. The van der Waals surface area contributed by atoms with E-state index in [9.17, 15) is 8.42 Å². The smallest absolute Gasteiger partial charge is 0.208 e. The molecule has 0 spiro atoms. The number of sulfonamides is 1. The third-order valence-electron chi connectivity index (χ3n) is 2.02. The lowest BCUT2D eigenvalue weighted by molar-refractivity contribution is 0.323. The Morgan fingerprint density at radius 2 is 1.85 bits per heavy atom. The predicted octanol–water partition coefficient (Wildman–Crippen LogP) is 1.75. The molecule has 0 heterocycles. The van der Waals surface area contributed by atoms with Crippen LogP contribution in [0.4, 0.5) is 0 Å². The second-order valence-electron chi connectivity index (χ2n) is 4.36. The molecule has 1 N–H and O–H groups in total. The van der Waals surface area contributed by atoms with Gasteiger partial charge < -0.3 is 0 Å². The molecule has 0 aliphatic rings. The van der Waals surface area contributed by atoms with Crippen molar-refractivity contribution in [3.63, 3.8) is 0 Å². The van der Waals surface area contributed by atoms with Crippen molar-refractivity contribution in [2.45, 2.75) is 40.0 Å². The van der Waals surface area contributed by atoms with Crippen LogP contribution in [0.2, 0.25) is 0 Å². The van der Waals surface area contributed by atoms with Gasteiger partial charge in [-0.25, -0.2) is 13.1 Å². The minimum absolute atomic E-state index is 0.0685. The Bertz CT molecular complexity index is 232. The Balaban J connectivity index is 3.89. The van der Waals surface area contributed by atoms with Gasteiger partial charge in [0.05, 0.1) is 6.26 Å². The minimum atomic E-state index is -3.03. The molecule has 0 saturated carbocycles. The van der Waals surface area contributed by atoms with E-state index in [1.54, 1.807) is 0 Å². The molecule has 0 unspecified atom stereocenters. The highest BCUT2D eigenvalue weighted by molar-refractivity contribution is 7.88. The molecule has 0 fully saturated rings. The molecule has 0 aromatic heterocycles. The molecule has 0 atom stereocenters. The number of unbranched alkanes of at least 4 members (excludes halogenated alkanes) is 1. The molecule has 3 nitrogen and oxygen atoms in total. The maximum Gasteiger partial charge on any atom is 0.208 e. The van der Waals surface area contributed by atoms with Crippen molar-refractivity contribution in [1.82, 2.24) is 4.72 Å². The number of hydrogen-bond donors (Lipinski definition) is 1. The summed E-state index contributed by atoms with van der Waals surface area (Å²) in [6, 6.07) is 0. The van der Waals surface area contributed by atoms with Gasteiger partial charge in [0.1, 0.15) is 0 Å². The monoisotopic (exact) mass is 207 g/mol. The van der Waals surface area contributed by atoms with Gasteiger partial charge in [0.25, 0.3) is 0 Å². The lowest BCUT2D eigenvalue weighted by Gasteiger charge is -2.24. The Kier molecular flexibility index (Phi) is 4.92. The van der Waals surface area contributed by atoms with E-state index < -0.39 is 10.0 Å². The normalized spacial score (nSPS) is 13.2. The third kappa shape index (κ3) is 8.25. The Labute approximate surface area is 82.0 Å². The van der Waals surface area contributed by atoms with Crippen molar-refractivity contribution >= 4 is 10.0 Å². The fourth-order valence-electron chi connectivity index (χ4n) is 1.07. The first-order valence-electron chi connectivity index (χ1n) is 4.71. The van der Waals surface area contributed by atoms with Gasteiger partial charge >= 0.3 is 0 Å². The molecule has 0 amide bonds.